The first-order valence-corrected chi connectivity index (χ1v) is 10.3. The van der Waals surface area contributed by atoms with Crippen LogP contribution in [-0.4, -0.2) is 28.3 Å². The van der Waals surface area contributed by atoms with Gasteiger partial charge in [-0.2, -0.15) is 13.2 Å². The van der Waals surface area contributed by atoms with Crippen LogP contribution in [0.15, 0.2) is 34.7 Å². The van der Waals surface area contributed by atoms with Gasteiger partial charge in [0.15, 0.2) is 6.10 Å². The Morgan fingerprint density at radius 1 is 1.26 bits per heavy atom. The van der Waals surface area contributed by atoms with Gasteiger partial charge in [0.05, 0.1) is 28.4 Å². The molecule has 2 aromatic carbocycles. The number of rotatable bonds is 7. The van der Waals surface area contributed by atoms with Crippen LogP contribution in [0.2, 0.25) is 5.02 Å². The molecule has 0 saturated heterocycles. The van der Waals surface area contributed by atoms with Gasteiger partial charge in [-0.3, -0.25) is 4.79 Å². The van der Waals surface area contributed by atoms with Crippen LogP contribution < -0.4 is 10.1 Å². The molecule has 2 N–H and O–H groups in total. The van der Waals surface area contributed by atoms with Crippen molar-refractivity contribution in [2.24, 2.45) is 0 Å². The fourth-order valence-electron chi connectivity index (χ4n) is 2.95. The molecule has 0 aliphatic carbocycles. The van der Waals surface area contributed by atoms with E-state index < -0.39 is 59.0 Å². The van der Waals surface area contributed by atoms with E-state index in [1.807, 2.05) is 0 Å². The molecule has 1 amide bonds. The van der Waals surface area contributed by atoms with Crippen LogP contribution in [0.1, 0.15) is 35.7 Å². The monoisotopic (exact) mass is 504 g/mol. The number of halogens is 6. The van der Waals surface area contributed by atoms with Gasteiger partial charge in [0, 0.05) is 6.42 Å². The van der Waals surface area contributed by atoms with E-state index >= 15 is 0 Å². The van der Waals surface area contributed by atoms with Crippen molar-refractivity contribution in [3.05, 3.63) is 64.0 Å². The SMILES string of the molecule is CCc1oc(-c2cc(O[C@@H](C)C(F)(F)F)c(C(=O)Nc3c(F)cccc3Cl)cc2F)nc1CO. The lowest BCUT2D eigenvalue weighted by Gasteiger charge is -2.20. The van der Waals surface area contributed by atoms with Gasteiger partial charge in [-0.25, -0.2) is 13.8 Å². The van der Waals surface area contributed by atoms with Gasteiger partial charge in [-0.15, -0.1) is 0 Å². The van der Waals surface area contributed by atoms with E-state index in [1.54, 1.807) is 6.92 Å². The molecule has 3 rings (SSSR count). The van der Waals surface area contributed by atoms with Gasteiger partial charge in [0.25, 0.3) is 5.91 Å². The largest absolute Gasteiger partial charge is 0.480 e. The fourth-order valence-corrected chi connectivity index (χ4v) is 3.16. The van der Waals surface area contributed by atoms with Crippen molar-refractivity contribution < 1.29 is 41.0 Å². The molecule has 0 saturated carbocycles. The number of ether oxygens (including phenoxy) is 1. The summed E-state index contributed by atoms with van der Waals surface area (Å²) >= 11 is 5.88. The maximum atomic E-state index is 15.0. The first-order valence-electron chi connectivity index (χ1n) is 9.88. The molecule has 12 heteroatoms. The number of hydrogen-bond acceptors (Lipinski definition) is 5. The average molecular weight is 505 g/mol. The minimum Gasteiger partial charge on any atom is -0.480 e. The number of carbonyl (C=O) groups is 1. The fraction of sp³-hybridized carbons (Fsp3) is 0.273. The van der Waals surface area contributed by atoms with Crippen molar-refractivity contribution >= 4 is 23.2 Å². The second-order valence-electron chi connectivity index (χ2n) is 7.08. The third-order valence-electron chi connectivity index (χ3n) is 4.76. The summed E-state index contributed by atoms with van der Waals surface area (Å²) in [7, 11) is 0. The Labute approximate surface area is 195 Å². The smallest absolute Gasteiger partial charge is 0.425 e. The molecule has 0 spiro atoms. The molecule has 0 fully saturated rings. The van der Waals surface area contributed by atoms with Gasteiger partial charge >= 0.3 is 6.18 Å². The number of hydrogen-bond donors (Lipinski definition) is 2. The van der Waals surface area contributed by atoms with Crippen LogP contribution in [-0.2, 0) is 13.0 Å². The first-order chi connectivity index (χ1) is 16.0. The van der Waals surface area contributed by atoms with Crippen molar-refractivity contribution in [1.29, 1.82) is 0 Å². The maximum Gasteiger partial charge on any atom is 0.425 e. The number of aryl methyl sites for hydroxylation is 1. The Morgan fingerprint density at radius 3 is 2.53 bits per heavy atom. The molecular weight excluding hydrogens is 487 g/mol. The number of nitrogens with one attached hydrogen (secondary N) is 1. The number of alkyl halides is 3. The number of carbonyl (C=O) groups excluding carboxylic acids is 1. The van der Waals surface area contributed by atoms with E-state index in [4.69, 9.17) is 20.8 Å². The molecule has 0 bridgehead atoms. The van der Waals surface area contributed by atoms with Crippen LogP contribution in [0.5, 0.6) is 5.75 Å². The number of benzene rings is 2. The minimum atomic E-state index is -4.81. The zero-order chi connectivity index (χ0) is 25.2. The summed E-state index contributed by atoms with van der Waals surface area (Å²) in [4.78, 5) is 16.7. The number of anilines is 1. The highest BCUT2D eigenvalue weighted by Crippen LogP contribution is 2.35. The Balaban J connectivity index is 2.10. The molecule has 0 aliphatic heterocycles. The van der Waals surface area contributed by atoms with Crippen molar-refractivity contribution in [2.75, 3.05) is 5.32 Å². The summed E-state index contributed by atoms with van der Waals surface area (Å²) in [6.07, 6.45) is -6.87. The first kappa shape index (κ1) is 25.4. The molecule has 1 heterocycles. The Bertz CT molecular complexity index is 1170. The predicted octanol–water partition coefficient (Wildman–Crippen LogP) is 5.91. The second kappa shape index (κ2) is 9.98. The van der Waals surface area contributed by atoms with E-state index in [9.17, 15) is 31.9 Å². The number of oxazole rings is 1. The van der Waals surface area contributed by atoms with E-state index in [1.165, 1.54) is 12.1 Å². The zero-order valence-electron chi connectivity index (χ0n) is 17.8. The summed E-state index contributed by atoms with van der Waals surface area (Å²) in [5, 5.41) is 11.3. The summed E-state index contributed by atoms with van der Waals surface area (Å²) in [6, 6.07) is 5.00. The zero-order valence-corrected chi connectivity index (χ0v) is 18.5. The van der Waals surface area contributed by atoms with E-state index in [2.05, 4.69) is 10.3 Å². The molecule has 34 heavy (non-hydrogen) atoms. The number of aliphatic hydroxyl groups excluding tert-OH is 1. The molecule has 1 atom stereocenters. The third kappa shape index (κ3) is 5.31. The molecule has 182 valence electrons. The van der Waals surface area contributed by atoms with Crippen molar-refractivity contribution in [1.82, 2.24) is 4.98 Å². The van der Waals surface area contributed by atoms with E-state index in [-0.39, 0.29) is 22.4 Å². The number of para-hydroxylation sites is 1. The normalized spacial score (nSPS) is 12.5. The molecule has 3 aromatic rings. The molecule has 6 nitrogen and oxygen atoms in total. The number of nitrogens with zero attached hydrogens (tertiary/aromatic N) is 1. The van der Waals surface area contributed by atoms with Gasteiger partial charge in [0.1, 0.15) is 28.8 Å². The topological polar surface area (TPSA) is 84.6 Å². The minimum absolute atomic E-state index is 0.124. The number of aromatic nitrogens is 1. The van der Waals surface area contributed by atoms with Crippen molar-refractivity contribution in [3.8, 4) is 17.2 Å². The number of aliphatic hydroxyl groups is 1. The van der Waals surface area contributed by atoms with Gasteiger partial charge < -0.3 is 19.6 Å². The summed E-state index contributed by atoms with van der Waals surface area (Å²) in [6.45, 7) is 1.88. The molecule has 0 radical (unpaired) electrons. The lowest BCUT2D eigenvalue weighted by molar-refractivity contribution is -0.189. The Hall–Kier alpha value is -3.18. The lowest BCUT2D eigenvalue weighted by Crippen LogP contribution is -2.32. The maximum absolute atomic E-state index is 15.0. The standard InChI is InChI=1S/C22H18ClF5N2O4/c1-3-17-16(9-31)29-21(34-17)11-8-18(33-10(2)22(26,27)28)12(7-15(11)25)20(32)30-19-13(23)5-4-6-14(19)24/h4-8,10,31H,3,9H2,1-2H3,(H,30,32)/t10-/m0/s1. The number of amides is 1. The van der Waals surface area contributed by atoms with E-state index in [0.29, 0.717) is 19.4 Å². The van der Waals surface area contributed by atoms with Gasteiger partial charge in [0.2, 0.25) is 5.89 Å². The van der Waals surface area contributed by atoms with Gasteiger partial charge in [-0.05, 0) is 31.2 Å². The van der Waals surface area contributed by atoms with E-state index in [0.717, 1.165) is 12.1 Å². The molecular formula is C22H18ClF5N2O4. The van der Waals surface area contributed by atoms with Crippen LogP contribution in [0.4, 0.5) is 27.6 Å². The lowest BCUT2D eigenvalue weighted by atomic mass is 10.1. The molecule has 0 aliphatic rings. The summed E-state index contributed by atoms with van der Waals surface area (Å²) in [5.41, 5.74) is -1.37. The van der Waals surface area contributed by atoms with Crippen LogP contribution in [0.25, 0.3) is 11.5 Å². The predicted molar refractivity (Wildman–Crippen MR) is 113 cm³/mol. The van der Waals surface area contributed by atoms with Crippen molar-refractivity contribution in [2.45, 2.75) is 39.2 Å². The highest BCUT2D eigenvalue weighted by atomic mass is 35.5. The summed E-state index contributed by atoms with van der Waals surface area (Å²) in [5.74, 6) is -3.89. The highest BCUT2D eigenvalue weighted by molar-refractivity contribution is 6.34. The van der Waals surface area contributed by atoms with Crippen LogP contribution in [0.3, 0.4) is 0 Å². The second-order valence-corrected chi connectivity index (χ2v) is 7.49. The molecule has 1 aromatic heterocycles. The van der Waals surface area contributed by atoms with Crippen LogP contribution >= 0.6 is 11.6 Å². The summed E-state index contributed by atoms with van der Waals surface area (Å²) < 4.78 is 78.8. The Morgan fingerprint density at radius 2 is 1.97 bits per heavy atom. The van der Waals surface area contributed by atoms with Crippen molar-refractivity contribution in [3.63, 3.8) is 0 Å². The highest BCUT2D eigenvalue weighted by Gasteiger charge is 2.39. The third-order valence-corrected chi connectivity index (χ3v) is 5.07. The quantitative estimate of drug-likeness (QED) is 0.391. The van der Waals surface area contributed by atoms with Gasteiger partial charge in [-0.1, -0.05) is 24.6 Å². The van der Waals surface area contributed by atoms with Crippen LogP contribution in [0, 0.1) is 11.6 Å². The average Bonchev–Trinajstić information content (AvgIpc) is 3.19. The Kier molecular flexibility index (Phi) is 7.47. The molecule has 0 unspecified atom stereocenters.